The fourth-order valence-electron chi connectivity index (χ4n) is 2.63. The van der Waals surface area contributed by atoms with Gasteiger partial charge in [0.05, 0.1) is 24.0 Å². The molecule has 0 aliphatic carbocycles. The second kappa shape index (κ2) is 9.83. The zero-order valence-electron chi connectivity index (χ0n) is 16.6. The van der Waals surface area contributed by atoms with Crippen LogP contribution in [0.5, 0.6) is 0 Å². The number of benzene rings is 1. The lowest BCUT2D eigenvalue weighted by Crippen LogP contribution is -2.10. The van der Waals surface area contributed by atoms with E-state index in [1.165, 1.54) is 0 Å². The quantitative estimate of drug-likeness (QED) is 0.364. The molecular formula is C19H24ClN9. The Balaban J connectivity index is 1.75. The molecule has 0 radical (unpaired) electrons. The van der Waals surface area contributed by atoms with Gasteiger partial charge in [0.15, 0.2) is 0 Å². The number of hydrogen-bond acceptors (Lipinski definition) is 8. The Morgan fingerprint density at radius 3 is 2.24 bits per heavy atom. The van der Waals surface area contributed by atoms with E-state index in [4.69, 9.17) is 11.6 Å². The van der Waals surface area contributed by atoms with Crippen molar-refractivity contribution in [2.75, 3.05) is 29.1 Å². The third-order valence-corrected chi connectivity index (χ3v) is 4.35. The molecule has 10 heteroatoms. The third-order valence-electron chi connectivity index (χ3n) is 3.95. The van der Waals surface area contributed by atoms with E-state index in [2.05, 4.69) is 41.2 Å². The summed E-state index contributed by atoms with van der Waals surface area (Å²) < 4.78 is 1.75. The average Bonchev–Trinajstić information content (AvgIpc) is 2.96. The van der Waals surface area contributed by atoms with E-state index in [-0.39, 0.29) is 0 Å². The van der Waals surface area contributed by atoms with Crippen LogP contribution >= 0.6 is 11.6 Å². The number of nitrogens with one attached hydrogen (secondary N) is 3. The summed E-state index contributed by atoms with van der Waals surface area (Å²) in [7, 11) is 0. The van der Waals surface area contributed by atoms with E-state index >= 15 is 0 Å². The fraction of sp³-hybridized carbons (Fsp3) is 0.316. The topological polar surface area (TPSA) is 105 Å². The second-order valence-corrected chi connectivity index (χ2v) is 6.53. The Morgan fingerprint density at radius 1 is 1.00 bits per heavy atom. The van der Waals surface area contributed by atoms with Gasteiger partial charge in [-0.3, -0.25) is 0 Å². The lowest BCUT2D eigenvalue weighted by molar-refractivity contribution is 0.680. The van der Waals surface area contributed by atoms with Crippen LogP contribution in [0.2, 0.25) is 5.15 Å². The third kappa shape index (κ3) is 5.41. The highest BCUT2D eigenvalue weighted by atomic mass is 35.5. The van der Waals surface area contributed by atoms with Gasteiger partial charge in [0.1, 0.15) is 5.15 Å². The number of aryl methyl sites for hydroxylation is 1. The smallest absolute Gasteiger partial charge is 0.250 e. The Morgan fingerprint density at radius 2 is 1.62 bits per heavy atom. The van der Waals surface area contributed by atoms with Gasteiger partial charge in [-0.1, -0.05) is 41.9 Å². The van der Waals surface area contributed by atoms with Gasteiger partial charge in [0.25, 0.3) is 0 Å². The molecular weight excluding hydrogens is 390 g/mol. The van der Waals surface area contributed by atoms with Crippen molar-refractivity contribution in [3.63, 3.8) is 0 Å². The first-order chi connectivity index (χ1) is 14.1. The zero-order valence-corrected chi connectivity index (χ0v) is 17.4. The van der Waals surface area contributed by atoms with E-state index < -0.39 is 0 Å². The lowest BCUT2D eigenvalue weighted by Gasteiger charge is -2.07. The van der Waals surface area contributed by atoms with Crippen LogP contribution in [0.25, 0.3) is 0 Å². The zero-order chi connectivity index (χ0) is 20.6. The van der Waals surface area contributed by atoms with Crippen LogP contribution in [-0.4, -0.2) is 44.0 Å². The van der Waals surface area contributed by atoms with Crippen LogP contribution < -0.4 is 16.1 Å². The van der Waals surface area contributed by atoms with Crippen molar-refractivity contribution < 1.29 is 0 Å². The summed E-state index contributed by atoms with van der Waals surface area (Å²) in [5.41, 5.74) is 5.48. The van der Waals surface area contributed by atoms with E-state index in [1.807, 2.05) is 51.1 Å². The Kier molecular flexibility index (Phi) is 6.96. The van der Waals surface area contributed by atoms with E-state index in [1.54, 1.807) is 10.9 Å². The molecule has 0 atom stereocenters. The SMILES string of the molecule is CCNc1nc(NCC)nc(N/N=C/c2c(C)nn(Cc3ccccc3)c2Cl)n1. The predicted molar refractivity (Wildman–Crippen MR) is 117 cm³/mol. The molecule has 0 spiro atoms. The number of aromatic nitrogens is 5. The minimum Gasteiger partial charge on any atom is -0.354 e. The van der Waals surface area contributed by atoms with Crippen LogP contribution in [-0.2, 0) is 6.54 Å². The van der Waals surface area contributed by atoms with Crippen molar-refractivity contribution in [3.05, 3.63) is 52.3 Å². The number of halogens is 1. The molecule has 3 N–H and O–H groups in total. The summed E-state index contributed by atoms with van der Waals surface area (Å²) in [6.45, 7) is 7.83. The van der Waals surface area contributed by atoms with Gasteiger partial charge >= 0.3 is 0 Å². The minimum absolute atomic E-state index is 0.327. The first kappa shape index (κ1) is 20.5. The molecule has 0 aliphatic rings. The van der Waals surface area contributed by atoms with Gasteiger partial charge in [0, 0.05) is 13.1 Å². The molecule has 0 amide bonds. The van der Waals surface area contributed by atoms with Gasteiger partial charge in [-0.25, -0.2) is 10.1 Å². The first-order valence-corrected chi connectivity index (χ1v) is 9.78. The first-order valence-electron chi connectivity index (χ1n) is 9.40. The number of rotatable bonds is 9. The maximum atomic E-state index is 6.51. The molecule has 3 rings (SSSR count). The van der Waals surface area contributed by atoms with E-state index in [9.17, 15) is 0 Å². The number of hydrogen-bond donors (Lipinski definition) is 3. The van der Waals surface area contributed by atoms with Crippen molar-refractivity contribution in [3.8, 4) is 0 Å². The molecule has 0 saturated carbocycles. The van der Waals surface area contributed by atoms with Gasteiger partial charge in [-0.15, -0.1) is 0 Å². The molecule has 0 fully saturated rings. The average molecular weight is 414 g/mol. The number of nitrogens with zero attached hydrogens (tertiary/aromatic N) is 6. The van der Waals surface area contributed by atoms with E-state index in [0.29, 0.717) is 42.6 Å². The monoisotopic (exact) mass is 413 g/mol. The molecule has 2 heterocycles. The summed E-state index contributed by atoms with van der Waals surface area (Å²) in [5, 5.41) is 15.4. The molecule has 3 aromatic rings. The normalized spacial score (nSPS) is 11.0. The number of anilines is 3. The van der Waals surface area contributed by atoms with Gasteiger partial charge in [0.2, 0.25) is 17.8 Å². The summed E-state index contributed by atoms with van der Waals surface area (Å²) in [4.78, 5) is 12.9. The number of hydrazone groups is 1. The molecule has 152 valence electrons. The van der Waals surface area contributed by atoms with Crippen LogP contribution in [0.3, 0.4) is 0 Å². The van der Waals surface area contributed by atoms with Crippen molar-refractivity contribution >= 4 is 35.7 Å². The Bertz CT molecular complexity index is 945. The second-order valence-electron chi connectivity index (χ2n) is 6.17. The van der Waals surface area contributed by atoms with Gasteiger partial charge in [-0.2, -0.15) is 25.2 Å². The molecule has 29 heavy (non-hydrogen) atoms. The van der Waals surface area contributed by atoms with E-state index in [0.717, 1.165) is 16.8 Å². The summed E-state index contributed by atoms with van der Waals surface area (Å²) >= 11 is 6.51. The van der Waals surface area contributed by atoms with Crippen LogP contribution in [0.1, 0.15) is 30.7 Å². The molecule has 0 aliphatic heterocycles. The van der Waals surface area contributed by atoms with Crippen molar-refractivity contribution in [2.24, 2.45) is 5.10 Å². The molecule has 1 aromatic carbocycles. The van der Waals surface area contributed by atoms with Gasteiger partial charge in [-0.05, 0) is 26.3 Å². The maximum absolute atomic E-state index is 6.51. The predicted octanol–water partition coefficient (Wildman–Crippen LogP) is 3.39. The molecule has 0 bridgehead atoms. The summed E-state index contributed by atoms with van der Waals surface area (Å²) in [5.74, 6) is 1.27. The standard InChI is InChI=1S/C19H24ClN9/c1-4-21-17-24-18(22-5-2)26-19(25-17)27-23-11-15-13(3)28-29(16(15)20)12-14-9-7-6-8-10-14/h6-11H,4-5,12H2,1-3H3,(H3,21,22,24,25,26,27)/b23-11+. The fourth-order valence-corrected chi connectivity index (χ4v) is 2.91. The van der Waals surface area contributed by atoms with Crippen LogP contribution in [0.4, 0.5) is 17.8 Å². The molecule has 9 nitrogen and oxygen atoms in total. The van der Waals surface area contributed by atoms with Crippen molar-refractivity contribution in [2.45, 2.75) is 27.3 Å². The highest BCUT2D eigenvalue weighted by Gasteiger charge is 2.12. The maximum Gasteiger partial charge on any atom is 0.250 e. The molecule has 0 unspecified atom stereocenters. The summed E-state index contributed by atoms with van der Waals surface area (Å²) in [6.07, 6.45) is 1.62. The van der Waals surface area contributed by atoms with Crippen LogP contribution in [0.15, 0.2) is 35.4 Å². The van der Waals surface area contributed by atoms with Gasteiger partial charge < -0.3 is 10.6 Å². The minimum atomic E-state index is 0.327. The Hall–Kier alpha value is -3.20. The highest BCUT2D eigenvalue weighted by molar-refractivity contribution is 6.32. The van der Waals surface area contributed by atoms with Crippen molar-refractivity contribution in [1.29, 1.82) is 0 Å². The lowest BCUT2D eigenvalue weighted by atomic mass is 10.2. The highest BCUT2D eigenvalue weighted by Crippen LogP contribution is 2.19. The molecule has 2 aromatic heterocycles. The summed E-state index contributed by atoms with van der Waals surface area (Å²) in [6, 6.07) is 10.0. The largest absolute Gasteiger partial charge is 0.354 e. The molecule has 0 saturated heterocycles. The Labute approximate surface area is 174 Å². The van der Waals surface area contributed by atoms with Crippen molar-refractivity contribution in [1.82, 2.24) is 24.7 Å². The van der Waals surface area contributed by atoms with Crippen LogP contribution in [0, 0.1) is 6.92 Å².